The molecular weight excluding hydrogens is 296 g/mol. The molecule has 2 nitrogen and oxygen atoms in total. The van der Waals surface area contributed by atoms with Crippen LogP contribution in [0.25, 0.3) is 0 Å². The standard InChI is InChI=1S/C16H16ClF2NO/c1-10-3-8-15(14(17)9-10)20-11(2)12-4-6-13(7-5-12)21-16(18)19/h3-9,11,16,20H,1-2H3. The van der Waals surface area contributed by atoms with Crippen LogP contribution in [0, 0.1) is 6.92 Å². The number of rotatable bonds is 5. The van der Waals surface area contributed by atoms with Crippen molar-refractivity contribution in [2.75, 3.05) is 5.32 Å². The van der Waals surface area contributed by atoms with Gasteiger partial charge in [-0.05, 0) is 49.2 Å². The molecule has 0 spiro atoms. The molecule has 0 aliphatic heterocycles. The van der Waals surface area contributed by atoms with Crippen LogP contribution in [0.2, 0.25) is 5.02 Å². The van der Waals surface area contributed by atoms with Crippen molar-refractivity contribution in [3.63, 3.8) is 0 Å². The molecule has 0 fully saturated rings. The monoisotopic (exact) mass is 311 g/mol. The van der Waals surface area contributed by atoms with Crippen LogP contribution in [0.3, 0.4) is 0 Å². The highest BCUT2D eigenvalue weighted by Crippen LogP contribution is 2.28. The molecule has 21 heavy (non-hydrogen) atoms. The Morgan fingerprint density at radius 2 is 1.76 bits per heavy atom. The molecular formula is C16H16ClF2NO. The number of ether oxygens (including phenoxy) is 1. The Hall–Kier alpha value is -1.81. The van der Waals surface area contributed by atoms with Gasteiger partial charge in [-0.3, -0.25) is 0 Å². The molecule has 0 heterocycles. The van der Waals surface area contributed by atoms with Gasteiger partial charge >= 0.3 is 6.61 Å². The first-order valence-corrected chi connectivity index (χ1v) is 6.91. The van der Waals surface area contributed by atoms with Gasteiger partial charge in [0, 0.05) is 6.04 Å². The van der Waals surface area contributed by atoms with Crippen molar-refractivity contribution in [1.29, 1.82) is 0 Å². The van der Waals surface area contributed by atoms with Crippen LogP contribution in [0.5, 0.6) is 5.75 Å². The Kier molecular flexibility index (Phi) is 5.02. The van der Waals surface area contributed by atoms with Crippen LogP contribution in [-0.2, 0) is 0 Å². The Bertz CT molecular complexity index is 602. The van der Waals surface area contributed by atoms with Crippen LogP contribution >= 0.6 is 11.6 Å². The van der Waals surface area contributed by atoms with Gasteiger partial charge < -0.3 is 10.1 Å². The summed E-state index contributed by atoms with van der Waals surface area (Å²) >= 11 is 6.18. The largest absolute Gasteiger partial charge is 0.435 e. The first kappa shape index (κ1) is 15.6. The predicted molar refractivity (Wildman–Crippen MR) is 81.3 cm³/mol. The van der Waals surface area contributed by atoms with Gasteiger partial charge in [0.15, 0.2) is 0 Å². The lowest BCUT2D eigenvalue weighted by Crippen LogP contribution is -2.07. The quantitative estimate of drug-likeness (QED) is 0.795. The summed E-state index contributed by atoms with van der Waals surface area (Å²) in [5.74, 6) is 0.148. The molecule has 0 bridgehead atoms. The fraction of sp³-hybridized carbons (Fsp3) is 0.250. The molecule has 0 saturated heterocycles. The minimum absolute atomic E-state index is 0.00851. The molecule has 1 atom stereocenters. The van der Waals surface area contributed by atoms with Crippen molar-refractivity contribution in [2.45, 2.75) is 26.5 Å². The third-order valence-electron chi connectivity index (χ3n) is 3.10. The number of anilines is 1. The summed E-state index contributed by atoms with van der Waals surface area (Å²) in [6.07, 6.45) is 0. The normalized spacial score (nSPS) is 12.3. The van der Waals surface area contributed by atoms with Crippen molar-refractivity contribution in [3.8, 4) is 5.75 Å². The summed E-state index contributed by atoms with van der Waals surface area (Å²) in [4.78, 5) is 0. The molecule has 0 aliphatic rings. The van der Waals surface area contributed by atoms with Gasteiger partial charge in [-0.2, -0.15) is 8.78 Å². The van der Waals surface area contributed by atoms with E-state index in [0.717, 1.165) is 16.8 Å². The summed E-state index contributed by atoms with van der Waals surface area (Å²) in [5.41, 5.74) is 2.88. The van der Waals surface area contributed by atoms with Gasteiger partial charge in [-0.1, -0.05) is 29.8 Å². The molecule has 112 valence electrons. The summed E-state index contributed by atoms with van der Waals surface area (Å²) in [7, 11) is 0. The third kappa shape index (κ3) is 4.33. The molecule has 5 heteroatoms. The highest BCUT2D eigenvalue weighted by atomic mass is 35.5. The van der Waals surface area contributed by atoms with Gasteiger partial charge in [-0.25, -0.2) is 0 Å². The summed E-state index contributed by atoms with van der Waals surface area (Å²) in [6, 6.07) is 12.3. The number of aryl methyl sites for hydroxylation is 1. The Morgan fingerprint density at radius 3 is 2.33 bits per heavy atom. The van der Waals surface area contributed by atoms with Crippen molar-refractivity contribution >= 4 is 17.3 Å². The minimum atomic E-state index is -2.81. The molecule has 2 aromatic rings. The van der Waals surface area contributed by atoms with E-state index in [1.54, 1.807) is 12.1 Å². The van der Waals surface area contributed by atoms with Crippen LogP contribution in [0.4, 0.5) is 14.5 Å². The first-order valence-electron chi connectivity index (χ1n) is 6.53. The van der Waals surface area contributed by atoms with Gasteiger partial charge in [0.2, 0.25) is 0 Å². The van der Waals surface area contributed by atoms with Gasteiger partial charge in [0.25, 0.3) is 0 Å². The molecule has 0 saturated carbocycles. The van der Waals surface area contributed by atoms with E-state index in [0.29, 0.717) is 5.02 Å². The van der Waals surface area contributed by atoms with Crippen molar-refractivity contribution in [2.24, 2.45) is 0 Å². The second-order valence-electron chi connectivity index (χ2n) is 4.80. The van der Waals surface area contributed by atoms with Crippen molar-refractivity contribution < 1.29 is 13.5 Å². The maximum atomic E-state index is 12.1. The van der Waals surface area contributed by atoms with Crippen molar-refractivity contribution in [3.05, 3.63) is 58.6 Å². The topological polar surface area (TPSA) is 21.3 Å². The maximum Gasteiger partial charge on any atom is 0.387 e. The van der Waals surface area contributed by atoms with Crippen LogP contribution < -0.4 is 10.1 Å². The van der Waals surface area contributed by atoms with E-state index < -0.39 is 6.61 Å². The average molecular weight is 312 g/mol. The average Bonchev–Trinajstić information content (AvgIpc) is 2.42. The number of nitrogens with one attached hydrogen (secondary N) is 1. The zero-order valence-electron chi connectivity index (χ0n) is 11.7. The summed E-state index contributed by atoms with van der Waals surface area (Å²) in [6.45, 7) is 1.14. The van der Waals surface area contributed by atoms with E-state index in [1.807, 2.05) is 32.0 Å². The van der Waals surface area contributed by atoms with Crippen LogP contribution in [0.1, 0.15) is 24.1 Å². The smallest absolute Gasteiger partial charge is 0.387 e. The second kappa shape index (κ2) is 6.76. The SMILES string of the molecule is Cc1ccc(NC(C)c2ccc(OC(F)F)cc2)c(Cl)c1. The number of alkyl halides is 2. The van der Waals surface area contributed by atoms with Gasteiger partial charge in [0.05, 0.1) is 10.7 Å². The van der Waals surface area contributed by atoms with Crippen molar-refractivity contribution in [1.82, 2.24) is 0 Å². The Balaban J connectivity index is 2.07. The number of hydrogen-bond donors (Lipinski definition) is 1. The highest BCUT2D eigenvalue weighted by Gasteiger charge is 2.09. The zero-order chi connectivity index (χ0) is 15.4. The zero-order valence-corrected chi connectivity index (χ0v) is 12.5. The Labute approximate surface area is 127 Å². The predicted octanol–water partition coefficient (Wildman–Crippen LogP) is 5.42. The third-order valence-corrected chi connectivity index (χ3v) is 3.41. The molecule has 0 aliphatic carbocycles. The summed E-state index contributed by atoms with van der Waals surface area (Å²) < 4.78 is 28.5. The lowest BCUT2D eigenvalue weighted by atomic mass is 10.1. The van der Waals surface area contributed by atoms with Gasteiger partial charge in [-0.15, -0.1) is 0 Å². The lowest BCUT2D eigenvalue weighted by molar-refractivity contribution is -0.0498. The summed E-state index contributed by atoms with van der Waals surface area (Å²) in [5, 5.41) is 3.95. The fourth-order valence-electron chi connectivity index (χ4n) is 1.99. The Morgan fingerprint density at radius 1 is 1.10 bits per heavy atom. The maximum absolute atomic E-state index is 12.1. The number of halogens is 3. The van der Waals surface area contributed by atoms with E-state index in [-0.39, 0.29) is 11.8 Å². The minimum Gasteiger partial charge on any atom is -0.435 e. The molecule has 2 aromatic carbocycles. The van der Waals surface area contributed by atoms with Crippen LogP contribution in [-0.4, -0.2) is 6.61 Å². The van der Waals surface area contributed by atoms with E-state index in [1.165, 1.54) is 12.1 Å². The van der Waals surface area contributed by atoms with Gasteiger partial charge in [0.1, 0.15) is 5.75 Å². The second-order valence-corrected chi connectivity index (χ2v) is 5.20. The molecule has 1 unspecified atom stereocenters. The number of hydrogen-bond acceptors (Lipinski definition) is 2. The molecule has 1 N–H and O–H groups in total. The molecule has 2 rings (SSSR count). The molecule has 0 aromatic heterocycles. The fourth-order valence-corrected chi connectivity index (χ4v) is 2.28. The van der Waals surface area contributed by atoms with E-state index in [2.05, 4.69) is 10.1 Å². The molecule has 0 radical (unpaired) electrons. The lowest BCUT2D eigenvalue weighted by Gasteiger charge is -2.17. The van der Waals surface area contributed by atoms with Crippen LogP contribution in [0.15, 0.2) is 42.5 Å². The van der Waals surface area contributed by atoms with E-state index >= 15 is 0 Å². The van der Waals surface area contributed by atoms with E-state index in [4.69, 9.17) is 11.6 Å². The first-order chi connectivity index (χ1) is 9.95. The van der Waals surface area contributed by atoms with E-state index in [9.17, 15) is 8.78 Å². The molecule has 0 amide bonds. The number of benzene rings is 2. The highest BCUT2D eigenvalue weighted by molar-refractivity contribution is 6.33.